The lowest BCUT2D eigenvalue weighted by Gasteiger charge is -2.19. The second-order valence-corrected chi connectivity index (χ2v) is 4.84. The lowest BCUT2D eigenvalue weighted by atomic mass is 10.2. The van der Waals surface area contributed by atoms with Crippen molar-refractivity contribution in [3.8, 4) is 6.07 Å². The summed E-state index contributed by atoms with van der Waals surface area (Å²) in [5, 5.41) is 9.33. The molecule has 0 aliphatic carbocycles. The van der Waals surface area contributed by atoms with Crippen molar-refractivity contribution in [2.45, 2.75) is 19.9 Å². The van der Waals surface area contributed by atoms with E-state index < -0.39 is 0 Å². The van der Waals surface area contributed by atoms with Gasteiger partial charge in [0.2, 0.25) is 0 Å². The SMILES string of the molecule is CCN(CCC#N)Cc1ccc(Br)cc1Cl. The fraction of sp³-hybridized carbons (Fsp3) is 0.417. The lowest BCUT2D eigenvalue weighted by molar-refractivity contribution is 0.287. The molecule has 0 unspecified atom stereocenters. The molecule has 0 bridgehead atoms. The number of hydrogen-bond donors (Lipinski definition) is 0. The zero-order valence-corrected chi connectivity index (χ0v) is 11.6. The highest BCUT2D eigenvalue weighted by Gasteiger charge is 2.06. The van der Waals surface area contributed by atoms with E-state index in [2.05, 4.69) is 33.8 Å². The van der Waals surface area contributed by atoms with Crippen molar-refractivity contribution in [3.05, 3.63) is 33.3 Å². The maximum atomic E-state index is 8.56. The van der Waals surface area contributed by atoms with E-state index in [9.17, 15) is 0 Å². The first-order valence-electron chi connectivity index (χ1n) is 5.20. The van der Waals surface area contributed by atoms with Crippen LogP contribution in [0.4, 0.5) is 0 Å². The Morgan fingerprint density at radius 1 is 1.50 bits per heavy atom. The van der Waals surface area contributed by atoms with E-state index in [1.165, 1.54) is 0 Å². The molecule has 0 saturated carbocycles. The summed E-state index contributed by atoms with van der Waals surface area (Å²) in [5.41, 5.74) is 1.10. The van der Waals surface area contributed by atoms with Gasteiger partial charge in [-0.05, 0) is 24.2 Å². The molecule has 16 heavy (non-hydrogen) atoms. The van der Waals surface area contributed by atoms with Crippen LogP contribution in [0.15, 0.2) is 22.7 Å². The number of benzene rings is 1. The molecule has 0 fully saturated rings. The summed E-state index contributed by atoms with van der Waals surface area (Å²) >= 11 is 9.52. The van der Waals surface area contributed by atoms with Crippen molar-refractivity contribution in [2.24, 2.45) is 0 Å². The Kier molecular flexibility index (Phi) is 5.83. The lowest BCUT2D eigenvalue weighted by Crippen LogP contribution is -2.23. The van der Waals surface area contributed by atoms with Gasteiger partial charge in [-0.3, -0.25) is 4.90 Å². The smallest absolute Gasteiger partial charge is 0.0635 e. The van der Waals surface area contributed by atoms with Gasteiger partial charge in [-0.15, -0.1) is 0 Å². The molecule has 0 aliphatic rings. The molecule has 0 radical (unpaired) electrons. The average Bonchev–Trinajstić information content (AvgIpc) is 2.27. The topological polar surface area (TPSA) is 27.0 Å². The predicted octanol–water partition coefficient (Wildman–Crippen LogP) is 3.84. The molecule has 0 spiro atoms. The summed E-state index contributed by atoms with van der Waals surface area (Å²) in [6.07, 6.45) is 0.558. The zero-order valence-electron chi connectivity index (χ0n) is 9.21. The molecule has 0 aromatic heterocycles. The zero-order chi connectivity index (χ0) is 12.0. The normalized spacial score (nSPS) is 10.4. The molecule has 0 heterocycles. The Balaban J connectivity index is 2.67. The van der Waals surface area contributed by atoms with Crippen LogP contribution in [-0.4, -0.2) is 18.0 Å². The molecular formula is C12H14BrClN2. The van der Waals surface area contributed by atoms with E-state index in [1.54, 1.807) is 0 Å². The Morgan fingerprint density at radius 3 is 2.81 bits per heavy atom. The second kappa shape index (κ2) is 6.90. The second-order valence-electron chi connectivity index (χ2n) is 3.51. The van der Waals surface area contributed by atoms with E-state index >= 15 is 0 Å². The van der Waals surface area contributed by atoms with E-state index in [-0.39, 0.29) is 0 Å². The third kappa shape index (κ3) is 4.13. The Hall–Kier alpha value is -0.560. The summed E-state index contributed by atoms with van der Waals surface area (Å²) in [7, 11) is 0. The van der Waals surface area contributed by atoms with Crippen LogP contribution >= 0.6 is 27.5 Å². The first kappa shape index (κ1) is 13.5. The van der Waals surface area contributed by atoms with Gasteiger partial charge in [0.05, 0.1) is 6.07 Å². The van der Waals surface area contributed by atoms with Crippen LogP contribution in [0.1, 0.15) is 18.9 Å². The number of nitriles is 1. The molecule has 0 N–H and O–H groups in total. The summed E-state index contributed by atoms with van der Waals surface area (Å²) < 4.78 is 0.987. The van der Waals surface area contributed by atoms with Crippen molar-refractivity contribution in [2.75, 3.05) is 13.1 Å². The first-order valence-corrected chi connectivity index (χ1v) is 6.37. The minimum absolute atomic E-state index is 0.558. The van der Waals surface area contributed by atoms with Crippen molar-refractivity contribution < 1.29 is 0 Å². The number of rotatable bonds is 5. The number of hydrogen-bond acceptors (Lipinski definition) is 2. The number of halogens is 2. The highest BCUT2D eigenvalue weighted by molar-refractivity contribution is 9.10. The first-order chi connectivity index (χ1) is 7.67. The van der Waals surface area contributed by atoms with Gasteiger partial charge in [-0.25, -0.2) is 0 Å². The molecule has 4 heteroatoms. The molecule has 1 rings (SSSR count). The van der Waals surface area contributed by atoms with Crippen molar-refractivity contribution in [1.82, 2.24) is 4.90 Å². The van der Waals surface area contributed by atoms with Gasteiger partial charge in [0.25, 0.3) is 0 Å². The summed E-state index contributed by atoms with van der Waals surface area (Å²) in [5.74, 6) is 0. The van der Waals surface area contributed by atoms with Crippen LogP contribution < -0.4 is 0 Å². The van der Waals surface area contributed by atoms with Crippen LogP contribution in [0.3, 0.4) is 0 Å². The average molecular weight is 302 g/mol. The summed E-state index contributed by atoms with van der Waals surface area (Å²) in [6.45, 7) is 4.60. The highest BCUT2D eigenvalue weighted by Crippen LogP contribution is 2.22. The molecule has 1 aromatic carbocycles. The van der Waals surface area contributed by atoms with E-state index in [4.69, 9.17) is 16.9 Å². The minimum Gasteiger partial charge on any atom is -0.298 e. The predicted molar refractivity (Wildman–Crippen MR) is 70.3 cm³/mol. The van der Waals surface area contributed by atoms with Crippen LogP contribution in [0.5, 0.6) is 0 Å². The highest BCUT2D eigenvalue weighted by atomic mass is 79.9. The summed E-state index contributed by atoms with van der Waals surface area (Å²) in [4.78, 5) is 2.21. The standard InChI is InChI=1S/C12H14BrClN2/c1-2-16(7-3-6-15)9-10-4-5-11(13)8-12(10)14/h4-5,8H,2-3,7,9H2,1H3. The Morgan fingerprint density at radius 2 is 2.25 bits per heavy atom. The van der Waals surface area contributed by atoms with E-state index in [0.717, 1.165) is 34.7 Å². The van der Waals surface area contributed by atoms with Gasteiger partial charge in [-0.1, -0.05) is 40.5 Å². The molecule has 0 amide bonds. The Labute approximate surface area is 110 Å². The largest absolute Gasteiger partial charge is 0.298 e. The fourth-order valence-corrected chi connectivity index (χ4v) is 2.18. The van der Waals surface area contributed by atoms with Gasteiger partial charge in [0.1, 0.15) is 0 Å². The van der Waals surface area contributed by atoms with Gasteiger partial charge >= 0.3 is 0 Å². The number of nitrogens with zero attached hydrogens (tertiary/aromatic N) is 2. The fourth-order valence-electron chi connectivity index (χ4n) is 1.45. The van der Waals surface area contributed by atoms with Crippen molar-refractivity contribution in [1.29, 1.82) is 5.26 Å². The van der Waals surface area contributed by atoms with Crippen LogP contribution in [0.2, 0.25) is 5.02 Å². The van der Waals surface area contributed by atoms with Crippen molar-refractivity contribution >= 4 is 27.5 Å². The summed E-state index contributed by atoms with van der Waals surface area (Å²) in [6, 6.07) is 8.06. The van der Waals surface area contributed by atoms with Crippen molar-refractivity contribution in [3.63, 3.8) is 0 Å². The van der Waals surface area contributed by atoms with E-state index in [0.29, 0.717) is 6.42 Å². The van der Waals surface area contributed by atoms with Gasteiger partial charge in [-0.2, -0.15) is 5.26 Å². The van der Waals surface area contributed by atoms with Gasteiger partial charge in [0, 0.05) is 29.0 Å². The third-order valence-electron chi connectivity index (χ3n) is 2.40. The monoisotopic (exact) mass is 300 g/mol. The van der Waals surface area contributed by atoms with Gasteiger partial charge < -0.3 is 0 Å². The van der Waals surface area contributed by atoms with E-state index in [1.807, 2.05) is 18.2 Å². The van der Waals surface area contributed by atoms with Crippen LogP contribution in [0.25, 0.3) is 0 Å². The maximum absolute atomic E-state index is 8.56. The molecule has 86 valence electrons. The van der Waals surface area contributed by atoms with Gasteiger partial charge in [0.15, 0.2) is 0 Å². The molecule has 0 saturated heterocycles. The molecule has 1 aromatic rings. The molecule has 0 atom stereocenters. The maximum Gasteiger partial charge on any atom is 0.0635 e. The van der Waals surface area contributed by atoms with Crippen LogP contribution in [-0.2, 0) is 6.54 Å². The molecular weight excluding hydrogens is 288 g/mol. The quantitative estimate of drug-likeness (QED) is 0.826. The molecule has 0 aliphatic heterocycles. The molecule has 2 nitrogen and oxygen atoms in total. The third-order valence-corrected chi connectivity index (χ3v) is 3.24. The minimum atomic E-state index is 0.558. The van der Waals surface area contributed by atoms with Crippen LogP contribution in [0, 0.1) is 11.3 Å². The Bertz CT molecular complexity index is 387.